The average molecular weight is 273 g/mol. The van der Waals surface area contributed by atoms with E-state index in [0.29, 0.717) is 6.04 Å². The third kappa shape index (κ3) is 2.66. The summed E-state index contributed by atoms with van der Waals surface area (Å²) >= 11 is 0. The van der Waals surface area contributed by atoms with Gasteiger partial charge < -0.3 is 8.98 Å². The minimum absolute atomic E-state index is 0.0283. The maximum atomic E-state index is 5.62. The lowest BCUT2D eigenvalue weighted by Crippen LogP contribution is -2.37. The van der Waals surface area contributed by atoms with Gasteiger partial charge in [0.05, 0.1) is 6.26 Å². The van der Waals surface area contributed by atoms with E-state index in [0.717, 1.165) is 17.5 Å². The van der Waals surface area contributed by atoms with Crippen LogP contribution in [0.2, 0.25) is 0 Å². The monoisotopic (exact) mass is 273 g/mol. The Morgan fingerprint density at radius 1 is 1.40 bits per heavy atom. The molecule has 3 rings (SSSR count). The van der Waals surface area contributed by atoms with E-state index in [1.54, 1.807) is 6.26 Å². The Labute approximate surface area is 120 Å². The smallest absolute Gasteiger partial charge is 0.133 e. The fourth-order valence-electron chi connectivity index (χ4n) is 3.25. The maximum absolute atomic E-state index is 5.62. The van der Waals surface area contributed by atoms with Crippen LogP contribution in [0.5, 0.6) is 0 Å². The molecule has 1 aliphatic rings. The van der Waals surface area contributed by atoms with Gasteiger partial charge in [-0.15, -0.1) is 0 Å². The van der Waals surface area contributed by atoms with E-state index in [-0.39, 0.29) is 6.04 Å². The Kier molecular flexibility index (Phi) is 3.92. The minimum Gasteiger partial charge on any atom is -0.467 e. The van der Waals surface area contributed by atoms with Gasteiger partial charge >= 0.3 is 0 Å². The van der Waals surface area contributed by atoms with Crippen molar-refractivity contribution in [2.75, 3.05) is 0 Å². The first-order valence-corrected chi connectivity index (χ1v) is 7.52. The molecule has 2 aromatic heterocycles. The predicted molar refractivity (Wildman–Crippen MR) is 78.3 cm³/mol. The Balaban J connectivity index is 1.81. The summed E-state index contributed by atoms with van der Waals surface area (Å²) in [5.74, 6) is 2.71. The van der Waals surface area contributed by atoms with Crippen molar-refractivity contribution in [3.05, 3.63) is 42.4 Å². The molecule has 4 nitrogen and oxygen atoms in total. The SMILES string of the molecule is C[C@@H](NC(c1ccco1)c1nccn1C)C1CCCC1. The highest BCUT2D eigenvalue weighted by atomic mass is 16.3. The van der Waals surface area contributed by atoms with Gasteiger partial charge in [-0.05, 0) is 37.8 Å². The van der Waals surface area contributed by atoms with Crippen molar-refractivity contribution in [3.63, 3.8) is 0 Å². The van der Waals surface area contributed by atoms with Crippen LogP contribution >= 0.6 is 0 Å². The molecule has 4 heteroatoms. The molecule has 2 atom stereocenters. The summed E-state index contributed by atoms with van der Waals surface area (Å²) in [7, 11) is 2.03. The molecule has 0 saturated heterocycles. The van der Waals surface area contributed by atoms with Gasteiger partial charge in [0.25, 0.3) is 0 Å². The minimum atomic E-state index is 0.0283. The molecule has 20 heavy (non-hydrogen) atoms. The zero-order chi connectivity index (χ0) is 13.9. The van der Waals surface area contributed by atoms with Crippen LogP contribution in [0.1, 0.15) is 50.2 Å². The molecule has 1 aliphatic carbocycles. The normalized spacial score (nSPS) is 19.3. The van der Waals surface area contributed by atoms with Crippen molar-refractivity contribution in [1.82, 2.24) is 14.9 Å². The fraction of sp³-hybridized carbons (Fsp3) is 0.562. The van der Waals surface area contributed by atoms with Gasteiger partial charge in [-0.1, -0.05) is 12.8 Å². The first-order valence-electron chi connectivity index (χ1n) is 7.52. The summed E-state index contributed by atoms with van der Waals surface area (Å²) in [6, 6.07) is 4.46. The Morgan fingerprint density at radius 2 is 2.20 bits per heavy atom. The van der Waals surface area contributed by atoms with Crippen LogP contribution in [0, 0.1) is 5.92 Å². The lowest BCUT2D eigenvalue weighted by molar-refractivity contribution is 0.328. The first kappa shape index (κ1) is 13.4. The highest BCUT2D eigenvalue weighted by Crippen LogP contribution is 2.30. The number of nitrogens with zero attached hydrogens (tertiary/aromatic N) is 2. The van der Waals surface area contributed by atoms with E-state index in [4.69, 9.17) is 4.42 Å². The van der Waals surface area contributed by atoms with Gasteiger partial charge in [-0.2, -0.15) is 0 Å². The number of imidazole rings is 1. The average Bonchev–Trinajstić information content (AvgIpc) is 3.18. The highest BCUT2D eigenvalue weighted by molar-refractivity contribution is 5.16. The van der Waals surface area contributed by atoms with E-state index < -0.39 is 0 Å². The van der Waals surface area contributed by atoms with Crippen molar-refractivity contribution in [2.24, 2.45) is 13.0 Å². The largest absolute Gasteiger partial charge is 0.467 e. The second-order valence-corrected chi connectivity index (χ2v) is 5.84. The van der Waals surface area contributed by atoms with Crippen LogP contribution in [0.4, 0.5) is 0 Å². The van der Waals surface area contributed by atoms with Crippen molar-refractivity contribution in [3.8, 4) is 0 Å². The van der Waals surface area contributed by atoms with Crippen LogP contribution in [0.15, 0.2) is 35.2 Å². The van der Waals surface area contributed by atoms with Crippen molar-refractivity contribution < 1.29 is 4.42 Å². The van der Waals surface area contributed by atoms with Crippen molar-refractivity contribution in [2.45, 2.75) is 44.7 Å². The molecule has 1 saturated carbocycles. The third-order valence-electron chi connectivity index (χ3n) is 4.48. The number of furan rings is 1. The number of aromatic nitrogens is 2. The third-order valence-corrected chi connectivity index (χ3v) is 4.48. The number of hydrogen-bond donors (Lipinski definition) is 1. The van der Waals surface area contributed by atoms with E-state index in [2.05, 4.69) is 21.8 Å². The molecule has 0 bridgehead atoms. The van der Waals surface area contributed by atoms with Gasteiger partial charge in [-0.25, -0.2) is 4.98 Å². The predicted octanol–water partition coefficient (Wildman–Crippen LogP) is 3.27. The van der Waals surface area contributed by atoms with Gasteiger partial charge in [0.2, 0.25) is 0 Å². The quantitative estimate of drug-likeness (QED) is 0.909. The second-order valence-electron chi connectivity index (χ2n) is 5.84. The number of aryl methyl sites for hydroxylation is 1. The van der Waals surface area contributed by atoms with Gasteiger partial charge in [0.1, 0.15) is 17.6 Å². The summed E-state index contributed by atoms with van der Waals surface area (Å²) in [6.45, 7) is 2.29. The van der Waals surface area contributed by atoms with Gasteiger partial charge in [0.15, 0.2) is 0 Å². The van der Waals surface area contributed by atoms with Crippen LogP contribution in [0.3, 0.4) is 0 Å². The zero-order valence-electron chi connectivity index (χ0n) is 12.2. The Hall–Kier alpha value is -1.55. The summed E-state index contributed by atoms with van der Waals surface area (Å²) < 4.78 is 7.68. The topological polar surface area (TPSA) is 43.0 Å². The van der Waals surface area contributed by atoms with E-state index in [1.807, 2.05) is 31.6 Å². The molecule has 108 valence electrons. The van der Waals surface area contributed by atoms with Gasteiger partial charge in [-0.3, -0.25) is 5.32 Å². The highest BCUT2D eigenvalue weighted by Gasteiger charge is 2.27. The molecule has 0 aromatic carbocycles. The van der Waals surface area contributed by atoms with Crippen LogP contribution < -0.4 is 5.32 Å². The molecule has 0 radical (unpaired) electrons. The summed E-state index contributed by atoms with van der Waals surface area (Å²) in [5.41, 5.74) is 0. The second kappa shape index (κ2) is 5.83. The summed E-state index contributed by atoms with van der Waals surface area (Å²) in [5, 5.41) is 3.73. The molecule has 0 amide bonds. The Morgan fingerprint density at radius 3 is 2.80 bits per heavy atom. The van der Waals surface area contributed by atoms with Crippen LogP contribution in [-0.4, -0.2) is 15.6 Å². The van der Waals surface area contributed by atoms with E-state index in [1.165, 1.54) is 25.7 Å². The molecule has 2 aromatic rings. The first-order chi connectivity index (χ1) is 9.75. The number of rotatable bonds is 5. The fourth-order valence-corrected chi connectivity index (χ4v) is 3.25. The maximum Gasteiger partial charge on any atom is 0.133 e. The number of hydrogen-bond acceptors (Lipinski definition) is 3. The summed E-state index contributed by atoms with van der Waals surface area (Å²) in [6.07, 6.45) is 10.9. The molecule has 0 spiro atoms. The molecular weight excluding hydrogens is 250 g/mol. The summed E-state index contributed by atoms with van der Waals surface area (Å²) in [4.78, 5) is 4.49. The molecule has 2 heterocycles. The lowest BCUT2D eigenvalue weighted by atomic mass is 9.98. The van der Waals surface area contributed by atoms with Crippen LogP contribution in [0.25, 0.3) is 0 Å². The standard InChI is InChI=1S/C16H23N3O/c1-12(13-6-3-4-7-13)18-15(14-8-5-11-20-14)16-17-9-10-19(16)2/h5,8-13,15,18H,3-4,6-7H2,1-2H3/t12-,15?/m1/s1. The molecule has 1 unspecified atom stereocenters. The number of nitrogens with one attached hydrogen (secondary N) is 1. The van der Waals surface area contributed by atoms with Gasteiger partial charge in [0, 0.05) is 25.5 Å². The molecule has 1 N–H and O–H groups in total. The van der Waals surface area contributed by atoms with Crippen molar-refractivity contribution >= 4 is 0 Å². The molecule has 0 aliphatic heterocycles. The Bertz CT molecular complexity index is 526. The van der Waals surface area contributed by atoms with E-state index >= 15 is 0 Å². The van der Waals surface area contributed by atoms with Crippen molar-refractivity contribution in [1.29, 1.82) is 0 Å². The molecular formula is C16H23N3O. The van der Waals surface area contributed by atoms with Crippen LogP contribution in [-0.2, 0) is 7.05 Å². The molecule has 1 fully saturated rings. The lowest BCUT2D eigenvalue weighted by Gasteiger charge is -2.25. The van der Waals surface area contributed by atoms with E-state index in [9.17, 15) is 0 Å². The zero-order valence-corrected chi connectivity index (χ0v) is 12.2.